The van der Waals surface area contributed by atoms with Crippen molar-refractivity contribution >= 4 is 29.0 Å². The summed E-state index contributed by atoms with van der Waals surface area (Å²) in [7, 11) is 0. The molecule has 3 rings (SSSR count). The maximum atomic E-state index is 12.9. The van der Waals surface area contributed by atoms with E-state index >= 15 is 0 Å². The van der Waals surface area contributed by atoms with Crippen LogP contribution in [0.2, 0.25) is 0 Å². The topological polar surface area (TPSA) is 70.7 Å². The average molecular weight is 376 g/mol. The first-order valence-electron chi connectivity index (χ1n) is 7.77. The van der Waals surface area contributed by atoms with Crippen molar-refractivity contribution in [2.45, 2.75) is 23.8 Å². The van der Waals surface area contributed by atoms with Gasteiger partial charge in [-0.3, -0.25) is 9.89 Å². The fourth-order valence-electron chi connectivity index (χ4n) is 2.16. The lowest BCUT2D eigenvalue weighted by Crippen LogP contribution is -2.32. The third-order valence-corrected chi connectivity index (χ3v) is 5.33. The first-order valence-corrected chi connectivity index (χ1v) is 9.53. The van der Waals surface area contributed by atoms with Gasteiger partial charge in [-0.25, -0.2) is 9.37 Å². The van der Waals surface area contributed by atoms with Gasteiger partial charge in [0.15, 0.2) is 5.82 Å². The van der Waals surface area contributed by atoms with E-state index in [1.165, 1.54) is 23.9 Å². The highest BCUT2D eigenvalue weighted by Gasteiger charge is 2.17. The number of aromatic nitrogens is 3. The molecule has 0 fully saturated rings. The van der Waals surface area contributed by atoms with Crippen LogP contribution in [0.25, 0.3) is 10.7 Å². The van der Waals surface area contributed by atoms with Gasteiger partial charge in [0.2, 0.25) is 11.1 Å². The largest absolute Gasteiger partial charge is 0.355 e. The van der Waals surface area contributed by atoms with E-state index in [1.54, 1.807) is 23.5 Å². The Bertz CT molecular complexity index is 818. The molecule has 1 aromatic carbocycles. The smallest absolute Gasteiger partial charge is 0.233 e. The summed E-state index contributed by atoms with van der Waals surface area (Å²) in [6.07, 6.45) is 0.659. The molecule has 130 valence electrons. The van der Waals surface area contributed by atoms with Crippen molar-refractivity contribution in [3.63, 3.8) is 0 Å². The molecule has 1 amide bonds. The molecule has 0 spiro atoms. The van der Waals surface area contributed by atoms with Crippen LogP contribution in [-0.2, 0) is 11.2 Å². The number of hydrogen-bond acceptors (Lipinski definition) is 5. The second kappa shape index (κ2) is 8.26. The van der Waals surface area contributed by atoms with Gasteiger partial charge in [0.05, 0.1) is 10.1 Å². The summed E-state index contributed by atoms with van der Waals surface area (Å²) < 4.78 is 12.9. The Morgan fingerprint density at radius 1 is 1.36 bits per heavy atom. The number of amides is 1. The van der Waals surface area contributed by atoms with E-state index in [9.17, 15) is 9.18 Å². The van der Waals surface area contributed by atoms with Gasteiger partial charge in [-0.2, -0.15) is 0 Å². The fraction of sp³-hybridized carbons (Fsp3) is 0.235. The normalized spacial score (nSPS) is 12.1. The van der Waals surface area contributed by atoms with Gasteiger partial charge in [-0.1, -0.05) is 30.0 Å². The van der Waals surface area contributed by atoms with Crippen molar-refractivity contribution in [1.29, 1.82) is 0 Å². The molecule has 5 nitrogen and oxygen atoms in total. The molecule has 0 aliphatic rings. The molecule has 3 aromatic rings. The highest BCUT2D eigenvalue weighted by Crippen LogP contribution is 2.25. The maximum absolute atomic E-state index is 12.9. The van der Waals surface area contributed by atoms with Crippen LogP contribution < -0.4 is 5.32 Å². The Hall–Kier alpha value is -2.19. The van der Waals surface area contributed by atoms with Crippen LogP contribution in [0.4, 0.5) is 4.39 Å². The van der Waals surface area contributed by atoms with Gasteiger partial charge >= 0.3 is 0 Å². The van der Waals surface area contributed by atoms with Crippen LogP contribution in [0.15, 0.2) is 46.9 Å². The second-order valence-electron chi connectivity index (χ2n) is 5.37. The van der Waals surface area contributed by atoms with E-state index in [0.29, 0.717) is 23.9 Å². The van der Waals surface area contributed by atoms with Crippen molar-refractivity contribution in [2.24, 2.45) is 0 Å². The number of rotatable bonds is 7. The van der Waals surface area contributed by atoms with E-state index in [4.69, 9.17) is 0 Å². The first kappa shape index (κ1) is 17.6. The molecule has 2 N–H and O–H groups in total. The third kappa shape index (κ3) is 4.90. The van der Waals surface area contributed by atoms with Crippen molar-refractivity contribution in [3.8, 4) is 10.7 Å². The molecule has 0 aliphatic heterocycles. The number of benzene rings is 1. The number of halogens is 1. The Morgan fingerprint density at radius 3 is 2.88 bits per heavy atom. The van der Waals surface area contributed by atoms with Crippen LogP contribution in [0.1, 0.15) is 12.5 Å². The number of carbonyl (C=O) groups is 1. The Morgan fingerprint density at radius 2 is 2.16 bits per heavy atom. The lowest BCUT2D eigenvalue weighted by molar-refractivity contribution is -0.120. The monoisotopic (exact) mass is 376 g/mol. The van der Waals surface area contributed by atoms with Crippen molar-refractivity contribution in [3.05, 3.63) is 53.2 Å². The van der Waals surface area contributed by atoms with Crippen LogP contribution in [0, 0.1) is 5.82 Å². The SMILES string of the molecule is C[C@@H](Sc1n[nH]c(-c2cccs2)n1)C(=O)NCCc1ccc(F)cc1. The predicted octanol–water partition coefficient (Wildman–Crippen LogP) is 3.51. The molecule has 2 aromatic heterocycles. The van der Waals surface area contributed by atoms with Crippen molar-refractivity contribution in [2.75, 3.05) is 6.54 Å². The van der Waals surface area contributed by atoms with E-state index in [1.807, 2.05) is 24.4 Å². The molecule has 0 unspecified atom stereocenters. The minimum atomic E-state index is -0.305. The number of nitrogens with one attached hydrogen (secondary N) is 2. The zero-order valence-corrected chi connectivity index (χ0v) is 15.2. The lowest BCUT2D eigenvalue weighted by Gasteiger charge is -2.10. The number of hydrogen-bond donors (Lipinski definition) is 2. The molecule has 0 saturated heterocycles. The average Bonchev–Trinajstić information content (AvgIpc) is 3.27. The first-order chi connectivity index (χ1) is 12.1. The third-order valence-electron chi connectivity index (χ3n) is 3.50. The number of thioether (sulfide) groups is 1. The quantitative estimate of drug-likeness (QED) is 0.619. The van der Waals surface area contributed by atoms with E-state index in [-0.39, 0.29) is 17.0 Å². The molecule has 2 heterocycles. The van der Waals surface area contributed by atoms with Crippen LogP contribution in [0.5, 0.6) is 0 Å². The van der Waals surface area contributed by atoms with E-state index < -0.39 is 0 Å². The molecule has 0 aliphatic carbocycles. The Labute approximate surface area is 153 Å². The van der Waals surface area contributed by atoms with Gasteiger partial charge in [-0.15, -0.1) is 16.4 Å². The van der Waals surface area contributed by atoms with Gasteiger partial charge in [-0.05, 0) is 42.5 Å². The van der Waals surface area contributed by atoms with Gasteiger partial charge in [0.25, 0.3) is 0 Å². The molecule has 8 heteroatoms. The van der Waals surface area contributed by atoms with Crippen LogP contribution >= 0.6 is 23.1 Å². The summed E-state index contributed by atoms with van der Waals surface area (Å²) in [5.41, 5.74) is 0.983. The molecule has 0 saturated carbocycles. The lowest BCUT2D eigenvalue weighted by atomic mass is 10.1. The molecule has 1 atom stereocenters. The second-order valence-corrected chi connectivity index (χ2v) is 7.63. The highest BCUT2D eigenvalue weighted by atomic mass is 32.2. The van der Waals surface area contributed by atoms with Gasteiger partial charge in [0, 0.05) is 6.54 Å². The predicted molar refractivity (Wildman–Crippen MR) is 98.1 cm³/mol. The summed E-state index contributed by atoms with van der Waals surface area (Å²) in [5.74, 6) is 0.377. The Balaban J connectivity index is 1.46. The van der Waals surface area contributed by atoms with E-state index in [2.05, 4.69) is 20.5 Å². The summed E-state index contributed by atoms with van der Waals surface area (Å²) >= 11 is 2.89. The number of H-pyrrole nitrogens is 1. The molecular formula is C17H17FN4OS2. The van der Waals surface area contributed by atoms with Crippen LogP contribution in [-0.4, -0.2) is 32.9 Å². The minimum Gasteiger partial charge on any atom is -0.355 e. The zero-order chi connectivity index (χ0) is 17.6. The summed E-state index contributed by atoms with van der Waals surface area (Å²) in [6, 6.07) is 10.2. The number of thiophene rings is 1. The van der Waals surface area contributed by atoms with Crippen molar-refractivity contribution in [1.82, 2.24) is 20.5 Å². The number of aromatic amines is 1. The van der Waals surface area contributed by atoms with Crippen molar-refractivity contribution < 1.29 is 9.18 Å². The van der Waals surface area contributed by atoms with Crippen LogP contribution in [0.3, 0.4) is 0 Å². The molecule has 0 bridgehead atoms. The minimum absolute atomic E-state index is 0.0745. The molecule has 0 radical (unpaired) electrons. The van der Waals surface area contributed by atoms with Gasteiger partial charge in [0.1, 0.15) is 5.82 Å². The zero-order valence-electron chi connectivity index (χ0n) is 13.5. The summed E-state index contributed by atoms with van der Waals surface area (Å²) in [5, 5.41) is 12.1. The standard InChI is InChI=1S/C17H17FN4OS2/c1-11(16(23)19-9-8-12-4-6-13(18)7-5-12)25-17-20-15(21-22-17)14-3-2-10-24-14/h2-7,10-11H,8-9H2,1H3,(H,19,23)(H,20,21,22)/t11-/m1/s1. The summed E-state index contributed by atoms with van der Waals surface area (Å²) in [4.78, 5) is 17.6. The Kier molecular flexibility index (Phi) is 5.83. The summed E-state index contributed by atoms with van der Waals surface area (Å²) in [6.45, 7) is 2.32. The number of carbonyl (C=O) groups excluding carboxylic acids is 1. The maximum Gasteiger partial charge on any atom is 0.233 e. The molecule has 25 heavy (non-hydrogen) atoms. The fourth-order valence-corrected chi connectivity index (χ4v) is 3.57. The van der Waals surface area contributed by atoms with Gasteiger partial charge < -0.3 is 5.32 Å². The van der Waals surface area contributed by atoms with E-state index in [0.717, 1.165) is 10.4 Å². The highest BCUT2D eigenvalue weighted by molar-refractivity contribution is 8.00. The molecular weight excluding hydrogens is 359 g/mol. The number of nitrogens with zero attached hydrogens (tertiary/aromatic N) is 2.